The van der Waals surface area contributed by atoms with Crippen LogP contribution in [0.3, 0.4) is 0 Å². The van der Waals surface area contributed by atoms with Gasteiger partial charge < -0.3 is 5.73 Å². The van der Waals surface area contributed by atoms with E-state index in [9.17, 15) is 9.59 Å². The van der Waals surface area contributed by atoms with Crippen LogP contribution >= 0.6 is 11.8 Å². The van der Waals surface area contributed by atoms with E-state index < -0.39 is 0 Å². The number of hydrogen-bond acceptors (Lipinski definition) is 4. The molecule has 106 valence electrons. The summed E-state index contributed by atoms with van der Waals surface area (Å²) >= 11 is 1.47. The van der Waals surface area contributed by atoms with E-state index in [1.54, 1.807) is 25.3 Å². The van der Waals surface area contributed by atoms with Gasteiger partial charge >= 0.3 is 0 Å². The lowest BCUT2D eigenvalue weighted by Crippen LogP contribution is -2.18. The van der Waals surface area contributed by atoms with Gasteiger partial charge in [-0.3, -0.25) is 9.59 Å². The molecule has 2 aromatic rings. The van der Waals surface area contributed by atoms with Crippen molar-refractivity contribution in [2.75, 3.05) is 0 Å². The van der Waals surface area contributed by atoms with Gasteiger partial charge in [-0.2, -0.15) is 0 Å². The minimum atomic E-state index is -0.377. The van der Waals surface area contributed by atoms with Crippen LogP contribution < -0.4 is 5.73 Å². The molecule has 0 fully saturated rings. The minimum absolute atomic E-state index is 0.0718. The van der Waals surface area contributed by atoms with Crippen LogP contribution in [-0.2, 0) is 11.2 Å². The number of amides is 1. The molecule has 0 bridgehead atoms. The van der Waals surface area contributed by atoms with Gasteiger partial charge in [0, 0.05) is 23.1 Å². The molecule has 0 radical (unpaired) electrons. The number of fused-ring (bicyclic) bond motifs is 2. The summed E-state index contributed by atoms with van der Waals surface area (Å²) < 4.78 is 0. The second-order valence-electron chi connectivity index (χ2n) is 5.05. The van der Waals surface area contributed by atoms with Gasteiger partial charge in [0.2, 0.25) is 5.91 Å². The highest BCUT2D eigenvalue weighted by Crippen LogP contribution is 2.37. The van der Waals surface area contributed by atoms with Crippen LogP contribution in [0.5, 0.6) is 0 Å². The summed E-state index contributed by atoms with van der Waals surface area (Å²) in [5, 5.41) is 0.841. The molecule has 0 saturated carbocycles. The van der Waals surface area contributed by atoms with E-state index in [1.807, 2.05) is 18.2 Å². The average Bonchev–Trinajstić information content (AvgIpc) is 2.61. The van der Waals surface area contributed by atoms with Crippen LogP contribution in [0.4, 0.5) is 0 Å². The number of carbonyl (C=O) groups excluding carboxylic acids is 2. The maximum Gasteiger partial charge on any atom is 0.224 e. The first-order valence-corrected chi connectivity index (χ1v) is 7.46. The quantitative estimate of drug-likeness (QED) is 0.924. The van der Waals surface area contributed by atoms with E-state index in [4.69, 9.17) is 5.73 Å². The summed E-state index contributed by atoms with van der Waals surface area (Å²) in [4.78, 5) is 28.9. The molecule has 1 aromatic heterocycles. The smallest absolute Gasteiger partial charge is 0.224 e. The standard InChI is InChI=1S/C16H14N2O2S/c1-9(15(17)20)10-4-5-12-13(19)7-11-3-2-6-18-16(11)21-14(12)8-10/h2-6,8-9H,7H2,1H3,(H2,17,20). The van der Waals surface area contributed by atoms with Crippen molar-refractivity contribution in [3.63, 3.8) is 0 Å². The number of nitrogens with zero attached hydrogens (tertiary/aromatic N) is 1. The van der Waals surface area contributed by atoms with E-state index in [1.165, 1.54) is 11.8 Å². The lowest BCUT2D eigenvalue weighted by atomic mass is 9.97. The second kappa shape index (κ2) is 5.33. The Kier molecular flexibility index (Phi) is 3.51. The first-order chi connectivity index (χ1) is 10.1. The van der Waals surface area contributed by atoms with Crippen molar-refractivity contribution in [1.29, 1.82) is 0 Å². The largest absolute Gasteiger partial charge is 0.369 e. The summed E-state index contributed by atoms with van der Waals surface area (Å²) in [5.74, 6) is -0.682. The van der Waals surface area contributed by atoms with Crippen LogP contribution in [0.1, 0.15) is 34.3 Å². The maximum atomic E-state index is 12.4. The Bertz CT molecular complexity index is 743. The van der Waals surface area contributed by atoms with E-state index in [-0.39, 0.29) is 17.6 Å². The minimum Gasteiger partial charge on any atom is -0.369 e. The number of aromatic nitrogens is 1. The average molecular weight is 298 g/mol. The molecule has 21 heavy (non-hydrogen) atoms. The zero-order valence-electron chi connectivity index (χ0n) is 11.5. The van der Waals surface area contributed by atoms with Gasteiger partial charge in [0.25, 0.3) is 0 Å². The number of hydrogen-bond donors (Lipinski definition) is 1. The van der Waals surface area contributed by atoms with Crippen LogP contribution in [0.25, 0.3) is 0 Å². The number of benzene rings is 1. The molecule has 5 heteroatoms. The van der Waals surface area contributed by atoms with E-state index in [0.29, 0.717) is 12.0 Å². The lowest BCUT2D eigenvalue weighted by Gasteiger charge is -2.11. The molecular weight excluding hydrogens is 284 g/mol. The predicted octanol–water partition coefficient (Wildman–Crippen LogP) is 2.56. The van der Waals surface area contributed by atoms with Crippen molar-refractivity contribution in [2.45, 2.75) is 29.2 Å². The van der Waals surface area contributed by atoms with Crippen molar-refractivity contribution < 1.29 is 9.59 Å². The molecule has 1 aromatic carbocycles. The zero-order chi connectivity index (χ0) is 15.0. The number of carbonyl (C=O) groups is 2. The summed E-state index contributed by atoms with van der Waals surface area (Å²) in [6.45, 7) is 1.76. The number of Topliss-reactive ketones (excluding diaryl/α,β-unsaturated/α-hetero) is 1. The third-order valence-corrected chi connectivity index (χ3v) is 4.76. The molecule has 1 aliphatic heterocycles. The third kappa shape index (κ3) is 2.56. The van der Waals surface area contributed by atoms with Crippen molar-refractivity contribution in [1.82, 2.24) is 4.98 Å². The van der Waals surface area contributed by atoms with Gasteiger partial charge in [-0.1, -0.05) is 23.9 Å². The van der Waals surface area contributed by atoms with Gasteiger partial charge in [-0.05, 0) is 36.2 Å². The SMILES string of the molecule is CC(C(N)=O)c1ccc2c(c1)Sc1ncccc1CC2=O. The number of nitrogens with two attached hydrogens (primary N) is 1. The number of primary amides is 1. The van der Waals surface area contributed by atoms with Crippen molar-refractivity contribution in [3.05, 3.63) is 53.2 Å². The molecule has 1 aliphatic rings. The molecule has 3 rings (SSSR count). The Labute approximate surface area is 126 Å². The number of ketones is 1. The van der Waals surface area contributed by atoms with E-state index >= 15 is 0 Å². The molecule has 1 atom stereocenters. The summed E-state index contributed by atoms with van der Waals surface area (Å²) in [7, 11) is 0. The number of pyridine rings is 1. The maximum absolute atomic E-state index is 12.4. The predicted molar refractivity (Wildman–Crippen MR) is 80.4 cm³/mol. The van der Waals surface area contributed by atoms with E-state index in [0.717, 1.165) is 21.0 Å². The molecule has 2 N–H and O–H groups in total. The molecule has 0 spiro atoms. The Morgan fingerprint density at radius 3 is 2.95 bits per heavy atom. The molecule has 0 aliphatic carbocycles. The van der Waals surface area contributed by atoms with Crippen LogP contribution in [-0.4, -0.2) is 16.7 Å². The Morgan fingerprint density at radius 1 is 1.38 bits per heavy atom. The Balaban J connectivity index is 2.08. The fourth-order valence-corrected chi connectivity index (χ4v) is 3.39. The van der Waals surface area contributed by atoms with Crippen molar-refractivity contribution in [3.8, 4) is 0 Å². The summed E-state index contributed by atoms with van der Waals surface area (Å²) in [5.41, 5.74) is 7.79. The van der Waals surface area contributed by atoms with Gasteiger partial charge in [-0.25, -0.2) is 4.98 Å². The fourth-order valence-electron chi connectivity index (χ4n) is 2.31. The fraction of sp³-hybridized carbons (Fsp3) is 0.188. The monoisotopic (exact) mass is 298 g/mol. The number of rotatable bonds is 2. The Hall–Kier alpha value is -2.14. The van der Waals surface area contributed by atoms with Crippen LogP contribution in [0, 0.1) is 0 Å². The first kappa shape index (κ1) is 13.8. The molecular formula is C16H14N2O2S. The second-order valence-corrected chi connectivity index (χ2v) is 6.08. The van der Waals surface area contributed by atoms with Gasteiger partial charge in [0.15, 0.2) is 5.78 Å². The van der Waals surface area contributed by atoms with Crippen molar-refractivity contribution in [2.24, 2.45) is 5.73 Å². The van der Waals surface area contributed by atoms with Crippen LogP contribution in [0.2, 0.25) is 0 Å². The van der Waals surface area contributed by atoms with Gasteiger partial charge in [-0.15, -0.1) is 0 Å². The van der Waals surface area contributed by atoms with Gasteiger partial charge in [0.05, 0.1) is 5.92 Å². The molecule has 1 unspecified atom stereocenters. The molecule has 2 heterocycles. The normalized spacial score (nSPS) is 14.8. The molecule has 0 saturated heterocycles. The highest BCUT2D eigenvalue weighted by Gasteiger charge is 2.22. The van der Waals surface area contributed by atoms with E-state index in [2.05, 4.69) is 4.98 Å². The lowest BCUT2D eigenvalue weighted by molar-refractivity contribution is -0.119. The molecule has 4 nitrogen and oxygen atoms in total. The first-order valence-electron chi connectivity index (χ1n) is 6.64. The van der Waals surface area contributed by atoms with Gasteiger partial charge in [0.1, 0.15) is 5.03 Å². The summed E-state index contributed by atoms with van der Waals surface area (Å²) in [6.07, 6.45) is 2.07. The highest BCUT2D eigenvalue weighted by atomic mass is 32.2. The zero-order valence-corrected chi connectivity index (χ0v) is 12.3. The summed E-state index contributed by atoms with van der Waals surface area (Å²) in [6, 6.07) is 9.22. The van der Waals surface area contributed by atoms with Crippen molar-refractivity contribution >= 4 is 23.5 Å². The molecule has 1 amide bonds. The highest BCUT2D eigenvalue weighted by molar-refractivity contribution is 7.99. The third-order valence-electron chi connectivity index (χ3n) is 3.64. The van der Waals surface area contributed by atoms with Crippen LogP contribution in [0.15, 0.2) is 46.5 Å². The Morgan fingerprint density at radius 2 is 2.19 bits per heavy atom. The topological polar surface area (TPSA) is 73.1 Å².